The molecule has 0 spiro atoms. The van der Waals surface area contributed by atoms with Crippen LogP contribution >= 0.6 is 11.6 Å². The van der Waals surface area contributed by atoms with Gasteiger partial charge in [0, 0.05) is 25.6 Å². The molecule has 2 aromatic heterocycles. The van der Waals surface area contributed by atoms with Crippen LogP contribution in [0.2, 0.25) is 5.15 Å². The quantitative estimate of drug-likeness (QED) is 0.842. The van der Waals surface area contributed by atoms with E-state index >= 15 is 0 Å². The zero-order chi connectivity index (χ0) is 18.2. The summed E-state index contributed by atoms with van der Waals surface area (Å²) in [5, 5.41) is 8.23. The van der Waals surface area contributed by atoms with Crippen LogP contribution < -0.4 is 5.32 Å². The Kier molecular flexibility index (Phi) is 5.17. The number of hydrogen-bond donors (Lipinski definition) is 1. The highest BCUT2D eigenvalue weighted by Gasteiger charge is 2.25. The van der Waals surface area contributed by atoms with E-state index < -0.39 is 10.0 Å². The third kappa shape index (κ3) is 4.21. The van der Waals surface area contributed by atoms with Crippen molar-refractivity contribution in [3.8, 4) is 0 Å². The molecule has 0 unspecified atom stereocenters. The Hall–Kier alpha value is -1.45. The Morgan fingerprint density at radius 3 is 2.64 bits per heavy atom. The minimum absolute atomic E-state index is 0.142. The predicted octanol–water partition coefficient (Wildman–Crippen LogP) is 1.81. The number of rotatable bonds is 5. The van der Waals surface area contributed by atoms with E-state index in [1.807, 2.05) is 0 Å². The lowest BCUT2D eigenvalue weighted by atomic mass is 10.1. The number of nitrogens with zero attached hydrogens (tertiary/aromatic N) is 5. The maximum Gasteiger partial charge on any atom is 0.241 e. The largest absolute Gasteiger partial charge is 0.350 e. The molecule has 25 heavy (non-hydrogen) atoms. The highest BCUT2D eigenvalue weighted by atomic mass is 35.5. The minimum atomic E-state index is -3.12. The van der Waals surface area contributed by atoms with Gasteiger partial charge >= 0.3 is 0 Å². The summed E-state index contributed by atoms with van der Waals surface area (Å²) in [7, 11) is -3.12. The van der Waals surface area contributed by atoms with Crippen molar-refractivity contribution >= 4 is 33.1 Å². The molecular weight excluding hydrogens is 364 g/mol. The summed E-state index contributed by atoms with van der Waals surface area (Å²) in [5.41, 5.74) is 0.690. The Morgan fingerprint density at radius 1 is 1.36 bits per heavy atom. The van der Waals surface area contributed by atoms with Gasteiger partial charge in [-0.2, -0.15) is 0 Å². The number of aromatic nitrogens is 4. The van der Waals surface area contributed by atoms with Gasteiger partial charge in [-0.3, -0.25) is 0 Å². The number of nitrogens with one attached hydrogen (secondary N) is 1. The van der Waals surface area contributed by atoms with E-state index in [1.165, 1.54) is 10.6 Å². The van der Waals surface area contributed by atoms with Gasteiger partial charge < -0.3 is 5.32 Å². The molecule has 1 fully saturated rings. The van der Waals surface area contributed by atoms with Crippen molar-refractivity contribution in [3.63, 3.8) is 0 Å². The van der Waals surface area contributed by atoms with Crippen molar-refractivity contribution in [2.24, 2.45) is 5.92 Å². The molecule has 0 bridgehead atoms. The summed E-state index contributed by atoms with van der Waals surface area (Å²) in [6.45, 7) is 5.25. The molecule has 1 saturated heterocycles. The van der Waals surface area contributed by atoms with Gasteiger partial charge in [-0.1, -0.05) is 25.4 Å². The summed E-state index contributed by atoms with van der Waals surface area (Å²) in [5.74, 6) is 1.75. The SMILES string of the molecule is CC(C)Cc1nc(Cl)c2cnc(NC3CCN(S(C)(=O)=O)CC3)nn12. The summed E-state index contributed by atoms with van der Waals surface area (Å²) < 4.78 is 26.4. The molecule has 2 aromatic rings. The Balaban J connectivity index is 1.74. The first-order valence-corrected chi connectivity index (χ1v) is 10.6. The van der Waals surface area contributed by atoms with E-state index in [0.717, 1.165) is 25.1 Å². The van der Waals surface area contributed by atoms with Crippen LogP contribution in [-0.4, -0.2) is 57.7 Å². The Bertz CT molecular complexity index is 858. The maximum absolute atomic E-state index is 11.6. The van der Waals surface area contributed by atoms with Crippen LogP contribution in [0.3, 0.4) is 0 Å². The van der Waals surface area contributed by atoms with E-state index in [9.17, 15) is 8.42 Å². The molecule has 3 heterocycles. The molecule has 0 aliphatic carbocycles. The van der Waals surface area contributed by atoms with Crippen LogP contribution in [0.15, 0.2) is 6.20 Å². The number of hydrogen-bond acceptors (Lipinski definition) is 6. The van der Waals surface area contributed by atoms with Crippen molar-refractivity contribution in [2.45, 2.75) is 39.2 Å². The smallest absolute Gasteiger partial charge is 0.241 e. The molecule has 10 heteroatoms. The Labute approximate surface area is 152 Å². The van der Waals surface area contributed by atoms with Gasteiger partial charge in [0.1, 0.15) is 11.3 Å². The second kappa shape index (κ2) is 7.05. The number of halogens is 1. The molecule has 8 nitrogen and oxygen atoms in total. The molecular formula is C15H23ClN6O2S. The molecule has 0 radical (unpaired) electrons. The number of sulfonamides is 1. The van der Waals surface area contributed by atoms with Gasteiger partial charge in [-0.05, 0) is 18.8 Å². The van der Waals surface area contributed by atoms with Gasteiger partial charge in [-0.15, -0.1) is 5.10 Å². The molecule has 1 aliphatic heterocycles. The third-order valence-corrected chi connectivity index (χ3v) is 5.84. The van der Waals surface area contributed by atoms with Crippen molar-refractivity contribution in [3.05, 3.63) is 17.2 Å². The molecule has 0 atom stereocenters. The molecule has 0 saturated carbocycles. The maximum atomic E-state index is 11.6. The minimum Gasteiger partial charge on any atom is -0.350 e. The number of imidazole rings is 1. The summed E-state index contributed by atoms with van der Waals surface area (Å²) in [4.78, 5) is 8.70. The lowest BCUT2D eigenvalue weighted by Crippen LogP contribution is -2.42. The highest BCUT2D eigenvalue weighted by molar-refractivity contribution is 7.88. The number of anilines is 1. The average Bonchev–Trinajstić information content (AvgIpc) is 2.82. The van der Waals surface area contributed by atoms with Gasteiger partial charge in [0.2, 0.25) is 16.0 Å². The lowest BCUT2D eigenvalue weighted by molar-refractivity contribution is 0.331. The highest BCUT2D eigenvalue weighted by Crippen LogP contribution is 2.21. The number of piperidine rings is 1. The van der Waals surface area contributed by atoms with E-state index in [1.54, 1.807) is 10.7 Å². The zero-order valence-corrected chi connectivity index (χ0v) is 16.2. The lowest BCUT2D eigenvalue weighted by Gasteiger charge is -2.30. The van der Waals surface area contributed by atoms with Crippen LogP contribution in [0.5, 0.6) is 0 Å². The van der Waals surface area contributed by atoms with Crippen molar-refractivity contribution in [1.29, 1.82) is 0 Å². The fraction of sp³-hybridized carbons (Fsp3) is 0.667. The van der Waals surface area contributed by atoms with Gasteiger partial charge in [0.15, 0.2) is 5.15 Å². The van der Waals surface area contributed by atoms with Crippen molar-refractivity contribution in [1.82, 2.24) is 23.9 Å². The van der Waals surface area contributed by atoms with Gasteiger partial charge in [0.05, 0.1) is 12.5 Å². The Morgan fingerprint density at radius 2 is 2.04 bits per heavy atom. The van der Waals surface area contributed by atoms with Gasteiger partial charge in [-0.25, -0.2) is 27.2 Å². The zero-order valence-electron chi connectivity index (χ0n) is 14.6. The summed E-state index contributed by atoms with van der Waals surface area (Å²) >= 11 is 6.17. The van der Waals surface area contributed by atoms with Crippen LogP contribution in [0.25, 0.3) is 5.52 Å². The second-order valence-electron chi connectivity index (χ2n) is 6.88. The summed E-state index contributed by atoms with van der Waals surface area (Å²) in [6, 6.07) is 0.142. The van der Waals surface area contributed by atoms with E-state index in [0.29, 0.717) is 35.6 Å². The monoisotopic (exact) mass is 386 g/mol. The first-order chi connectivity index (χ1) is 11.7. The number of fused-ring (bicyclic) bond motifs is 1. The topological polar surface area (TPSA) is 92.5 Å². The molecule has 1 aliphatic rings. The summed E-state index contributed by atoms with van der Waals surface area (Å²) in [6.07, 6.45) is 5.13. The second-order valence-corrected chi connectivity index (χ2v) is 9.22. The first-order valence-electron chi connectivity index (χ1n) is 8.36. The van der Waals surface area contributed by atoms with Crippen molar-refractivity contribution < 1.29 is 8.42 Å². The van der Waals surface area contributed by atoms with Gasteiger partial charge in [0.25, 0.3) is 0 Å². The molecule has 138 valence electrons. The van der Waals surface area contributed by atoms with Crippen LogP contribution in [0.4, 0.5) is 5.95 Å². The fourth-order valence-electron chi connectivity index (χ4n) is 2.98. The van der Waals surface area contributed by atoms with E-state index in [4.69, 9.17) is 11.6 Å². The van der Waals surface area contributed by atoms with Crippen LogP contribution in [0.1, 0.15) is 32.5 Å². The van der Waals surface area contributed by atoms with E-state index in [2.05, 4.69) is 34.2 Å². The molecule has 0 aromatic carbocycles. The predicted molar refractivity (Wildman–Crippen MR) is 97.4 cm³/mol. The molecule has 1 N–H and O–H groups in total. The normalized spacial score (nSPS) is 17.5. The first kappa shape index (κ1) is 18.3. The fourth-order valence-corrected chi connectivity index (χ4v) is 4.08. The standard InChI is InChI=1S/C15H23ClN6O2S/c1-10(2)8-13-19-14(16)12-9-17-15(20-22(12)13)18-11-4-6-21(7-5-11)25(3,23)24/h9-11H,4-8H2,1-3H3,(H,18,20). The molecule has 3 rings (SSSR count). The van der Waals surface area contributed by atoms with E-state index in [-0.39, 0.29) is 6.04 Å². The third-order valence-electron chi connectivity index (χ3n) is 4.26. The van der Waals surface area contributed by atoms with Crippen LogP contribution in [0, 0.1) is 5.92 Å². The average molecular weight is 387 g/mol. The van der Waals surface area contributed by atoms with Crippen LogP contribution in [-0.2, 0) is 16.4 Å². The van der Waals surface area contributed by atoms with Crippen molar-refractivity contribution in [2.75, 3.05) is 24.7 Å². The molecule has 0 amide bonds.